The van der Waals surface area contributed by atoms with E-state index in [1.807, 2.05) is 13.0 Å². The van der Waals surface area contributed by atoms with Crippen molar-refractivity contribution in [1.29, 1.82) is 0 Å². The van der Waals surface area contributed by atoms with Crippen molar-refractivity contribution in [2.24, 2.45) is 5.92 Å². The van der Waals surface area contributed by atoms with E-state index in [-0.39, 0.29) is 5.91 Å². The normalized spacial score (nSPS) is 22.4. The number of amides is 1. The van der Waals surface area contributed by atoms with E-state index >= 15 is 0 Å². The molecule has 0 bridgehead atoms. The average Bonchev–Trinajstić information content (AvgIpc) is 3.21. The van der Waals surface area contributed by atoms with Crippen LogP contribution in [0.2, 0.25) is 0 Å². The minimum absolute atomic E-state index is 0.171. The number of rotatable bonds is 6. The lowest BCUT2D eigenvalue weighted by Gasteiger charge is -2.20. The van der Waals surface area contributed by atoms with Gasteiger partial charge < -0.3 is 15.5 Å². The van der Waals surface area contributed by atoms with E-state index in [4.69, 9.17) is 0 Å². The van der Waals surface area contributed by atoms with E-state index in [1.165, 1.54) is 38.8 Å². The number of nitrogens with zero attached hydrogens (tertiary/aromatic N) is 3. The quantitative estimate of drug-likeness (QED) is 0.838. The first kappa shape index (κ1) is 16.2. The van der Waals surface area contributed by atoms with Crippen molar-refractivity contribution in [2.75, 3.05) is 31.5 Å². The van der Waals surface area contributed by atoms with Crippen molar-refractivity contribution in [3.63, 3.8) is 0 Å². The van der Waals surface area contributed by atoms with E-state index in [9.17, 15) is 4.79 Å². The third-order valence-corrected chi connectivity index (χ3v) is 4.85. The van der Waals surface area contributed by atoms with Gasteiger partial charge in [0.2, 0.25) is 0 Å². The van der Waals surface area contributed by atoms with Crippen LogP contribution in [0.5, 0.6) is 0 Å². The van der Waals surface area contributed by atoms with Gasteiger partial charge in [0, 0.05) is 32.2 Å². The Labute approximate surface area is 138 Å². The number of carbonyl (C=O) groups is 1. The molecule has 0 spiro atoms. The maximum Gasteiger partial charge on any atom is 0.271 e. The molecule has 1 amide bonds. The zero-order valence-corrected chi connectivity index (χ0v) is 13.9. The predicted octanol–water partition coefficient (Wildman–Crippen LogP) is 1.90. The Morgan fingerprint density at radius 2 is 2.09 bits per heavy atom. The second kappa shape index (κ2) is 7.73. The molecular formula is C17H27N5O. The van der Waals surface area contributed by atoms with E-state index < -0.39 is 0 Å². The summed E-state index contributed by atoms with van der Waals surface area (Å²) in [4.78, 5) is 14.2. The predicted molar refractivity (Wildman–Crippen MR) is 90.5 cm³/mol. The molecule has 2 heterocycles. The molecule has 23 heavy (non-hydrogen) atoms. The summed E-state index contributed by atoms with van der Waals surface area (Å²) in [5, 5.41) is 14.3. The Balaban J connectivity index is 1.47. The first-order chi connectivity index (χ1) is 11.2. The number of hydrogen-bond acceptors (Lipinski definition) is 5. The standard InChI is InChI=1S/C17H27N5O/c1-2-18-17(23)15-7-8-16(21-20-15)19-14-9-10-22(12-14)11-13-5-3-4-6-13/h7-8,13-14H,2-6,9-12H2,1H3,(H,18,23)(H,19,21). The first-order valence-corrected chi connectivity index (χ1v) is 8.85. The van der Waals surface area contributed by atoms with Gasteiger partial charge in [-0.1, -0.05) is 12.8 Å². The fourth-order valence-corrected chi connectivity index (χ4v) is 3.66. The summed E-state index contributed by atoms with van der Waals surface area (Å²) >= 11 is 0. The third kappa shape index (κ3) is 4.41. The van der Waals surface area contributed by atoms with Crippen molar-refractivity contribution in [3.8, 4) is 0 Å². The molecule has 6 nitrogen and oxygen atoms in total. The summed E-state index contributed by atoms with van der Waals surface area (Å²) in [5.74, 6) is 1.49. The van der Waals surface area contributed by atoms with Crippen molar-refractivity contribution < 1.29 is 4.79 Å². The van der Waals surface area contributed by atoms with Gasteiger partial charge in [-0.15, -0.1) is 10.2 Å². The number of likely N-dealkylation sites (tertiary alicyclic amines) is 1. The van der Waals surface area contributed by atoms with Crippen LogP contribution in [0.3, 0.4) is 0 Å². The molecule has 0 aromatic carbocycles. The molecule has 1 aromatic rings. The highest BCUT2D eigenvalue weighted by Gasteiger charge is 2.26. The fraction of sp³-hybridized carbons (Fsp3) is 0.706. The van der Waals surface area contributed by atoms with E-state index in [0.717, 1.165) is 24.7 Å². The lowest BCUT2D eigenvalue weighted by molar-refractivity contribution is 0.0950. The van der Waals surface area contributed by atoms with Gasteiger partial charge in [0.05, 0.1) is 0 Å². The van der Waals surface area contributed by atoms with Crippen molar-refractivity contribution in [2.45, 2.75) is 45.1 Å². The molecule has 1 saturated carbocycles. The van der Waals surface area contributed by atoms with Gasteiger partial charge in [0.15, 0.2) is 5.69 Å². The lowest BCUT2D eigenvalue weighted by Crippen LogP contribution is -2.30. The molecular weight excluding hydrogens is 290 g/mol. The zero-order valence-electron chi connectivity index (χ0n) is 13.9. The molecule has 126 valence electrons. The number of anilines is 1. The monoisotopic (exact) mass is 317 g/mol. The Bertz CT molecular complexity index is 512. The van der Waals surface area contributed by atoms with Crippen LogP contribution >= 0.6 is 0 Å². The summed E-state index contributed by atoms with van der Waals surface area (Å²) in [5.41, 5.74) is 0.367. The van der Waals surface area contributed by atoms with E-state index in [1.54, 1.807) is 6.07 Å². The van der Waals surface area contributed by atoms with Crippen LogP contribution in [0.1, 0.15) is 49.5 Å². The van der Waals surface area contributed by atoms with Crippen LogP contribution in [-0.4, -0.2) is 53.2 Å². The summed E-state index contributed by atoms with van der Waals surface area (Å²) in [7, 11) is 0. The minimum atomic E-state index is -0.171. The molecule has 1 atom stereocenters. The van der Waals surface area contributed by atoms with Gasteiger partial charge in [-0.2, -0.15) is 0 Å². The van der Waals surface area contributed by atoms with Crippen LogP contribution in [0.25, 0.3) is 0 Å². The first-order valence-electron chi connectivity index (χ1n) is 8.85. The molecule has 0 radical (unpaired) electrons. The molecule has 1 aliphatic carbocycles. The van der Waals surface area contributed by atoms with Crippen LogP contribution in [0.15, 0.2) is 12.1 Å². The average molecular weight is 317 g/mol. The highest BCUT2D eigenvalue weighted by Crippen LogP contribution is 2.27. The summed E-state index contributed by atoms with van der Waals surface area (Å²) in [6.07, 6.45) is 6.77. The smallest absolute Gasteiger partial charge is 0.271 e. The molecule has 1 unspecified atom stereocenters. The Kier molecular flexibility index (Phi) is 5.43. The van der Waals surface area contributed by atoms with Crippen LogP contribution in [0.4, 0.5) is 5.82 Å². The molecule has 3 rings (SSSR count). The minimum Gasteiger partial charge on any atom is -0.365 e. The SMILES string of the molecule is CCNC(=O)c1ccc(NC2CCN(CC3CCCC3)C2)nn1. The highest BCUT2D eigenvalue weighted by molar-refractivity contribution is 5.92. The van der Waals surface area contributed by atoms with E-state index in [0.29, 0.717) is 18.3 Å². The van der Waals surface area contributed by atoms with Gasteiger partial charge in [-0.3, -0.25) is 4.79 Å². The van der Waals surface area contributed by atoms with Crippen molar-refractivity contribution in [1.82, 2.24) is 20.4 Å². The van der Waals surface area contributed by atoms with Crippen LogP contribution in [0, 0.1) is 5.92 Å². The highest BCUT2D eigenvalue weighted by atomic mass is 16.1. The van der Waals surface area contributed by atoms with Crippen LogP contribution < -0.4 is 10.6 Å². The van der Waals surface area contributed by atoms with Crippen molar-refractivity contribution >= 4 is 11.7 Å². The number of aromatic nitrogens is 2. The lowest BCUT2D eigenvalue weighted by atomic mass is 10.1. The molecule has 6 heteroatoms. The van der Waals surface area contributed by atoms with Crippen molar-refractivity contribution in [3.05, 3.63) is 17.8 Å². The van der Waals surface area contributed by atoms with Crippen LogP contribution in [-0.2, 0) is 0 Å². The molecule has 1 aromatic heterocycles. The Hall–Kier alpha value is -1.69. The molecule has 1 aliphatic heterocycles. The maximum absolute atomic E-state index is 11.7. The zero-order chi connectivity index (χ0) is 16.1. The second-order valence-corrected chi connectivity index (χ2v) is 6.70. The van der Waals surface area contributed by atoms with Gasteiger partial charge in [0.25, 0.3) is 5.91 Å². The Morgan fingerprint density at radius 1 is 1.26 bits per heavy atom. The van der Waals surface area contributed by atoms with E-state index in [2.05, 4.69) is 25.7 Å². The molecule has 2 aliphatic rings. The van der Waals surface area contributed by atoms with Gasteiger partial charge in [-0.05, 0) is 44.2 Å². The van der Waals surface area contributed by atoms with Gasteiger partial charge >= 0.3 is 0 Å². The van der Waals surface area contributed by atoms with Gasteiger partial charge in [0.1, 0.15) is 5.82 Å². The largest absolute Gasteiger partial charge is 0.365 e. The summed E-state index contributed by atoms with van der Waals surface area (Å²) < 4.78 is 0. The summed E-state index contributed by atoms with van der Waals surface area (Å²) in [6, 6.07) is 4.00. The van der Waals surface area contributed by atoms with Gasteiger partial charge in [-0.25, -0.2) is 0 Å². The molecule has 2 fully saturated rings. The number of hydrogen-bond donors (Lipinski definition) is 2. The molecule has 2 N–H and O–H groups in total. The maximum atomic E-state index is 11.7. The second-order valence-electron chi connectivity index (χ2n) is 6.70. The number of nitrogens with one attached hydrogen (secondary N) is 2. The Morgan fingerprint density at radius 3 is 2.78 bits per heavy atom. The number of carbonyl (C=O) groups excluding carboxylic acids is 1. The third-order valence-electron chi connectivity index (χ3n) is 4.85. The topological polar surface area (TPSA) is 70.2 Å². The summed E-state index contributed by atoms with van der Waals surface area (Å²) in [6.45, 7) is 5.98. The fourth-order valence-electron chi connectivity index (χ4n) is 3.66. The molecule has 1 saturated heterocycles.